The number of hydrogen-bond donors (Lipinski definition) is 2. The summed E-state index contributed by atoms with van der Waals surface area (Å²) in [5.74, 6) is 2.93. The molecule has 0 unspecified atom stereocenters. The fraction of sp³-hybridized carbons (Fsp3) is 0.667. The molecule has 18 heavy (non-hydrogen) atoms. The van der Waals surface area contributed by atoms with Crippen LogP contribution in [0.5, 0.6) is 0 Å². The lowest BCUT2D eigenvalue weighted by molar-refractivity contribution is -0.0286. The highest BCUT2D eigenvalue weighted by Crippen LogP contribution is 2.62. The lowest BCUT2D eigenvalue weighted by Gasteiger charge is -2.57. The molecule has 0 saturated heterocycles. The van der Waals surface area contributed by atoms with Gasteiger partial charge in [-0.15, -0.1) is 0 Å². The smallest absolute Gasteiger partial charge is 0.190 e. The third-order valence-electron chi connectivity index (χ3n) is 5.22. The van der Waals surface area contributed by atoms with Crippen LogP contribution in [-0.4, -0.2) is 5.96 Å². The van der Waals surface area contributed by atoms with Gasteiger partial charge in [-0.25, -0.2) is 4.99 Å². The molecular formula is C15H23N3. The van der Waals surface area contributed by atoms with Gasteiger partial charge in [-0.05, 0) is 67.3 Å². The fourth-order valence-electron chi connectivity index (χ4n) is 5.01. The summed E-state index contributed by atoms with van der Waals surface area (Å²) >= 11 is 0. The van der Waals surface area contributed by atoms with Crippen molar-refractivity contribution in [3.8, 4) is 0 Å². The molecule has 0 aromatic rings. The van der Waals surface area contributed by atoms with Crippen molar-refractivity contribution in [3.63, 3.8) is 0 Å². The third kappa shape index (κ3) is 1.86. The molecule has 4 saturated carbocycles. The first-order valence-corrected chi connectivity index (χ1v) is 7.03. The predicted molar refractivity (Wildman–Crippen MR) is 74.7 cm³/mol. The van der Waals surface area contributed by atoms with E-state index in [1.54, 1.807) is 0 Å². The van der Waals surface area contributed by atoms with Crippen molar-refractivity contribution in [1.82, 2.24) is 0 Å². The summed E-state index contributed by atoms with van der Waals surface area (Å²) in [6.07, 6.45) is 12.1. The summed E-state index contributed by atoms with van der Waals surface area (Å²) in [5.41, 5.74) is 12.5. The number of nitrogens with two attached hydrogens (primary N) is 2. The molecule has 0 amide bonds. The Hall–Kier alpha value is -1.25. The highest BCUT2D eigenvalue weighted by Gasteiger charge is 2.51. The van der Waals surface area contributed by atoms with Crippen LogP contribution in [0.4, 0.5) is 0 Å². The molecule has 3 nitrogen and oxygen atoms in total. The maximum Gasteiger partial charge on any atom is 0.190 e. The molecule has 0 spiro atoms. The van der Waals surface area contributed by atoms with Crippen LogP contribution in [0.15, 0.2) is 29.4 Å². The zero-order chi connectivity index (χ0) is 12.8. The molecule has 0 heterocycles. The van der Waals surface area contributed by atoms with Crippen molar-refractivity contribution >= 4 is 5.96 Å². The number of allylic oxidation sites excluding steroid dienone is 2. The topological polar surface area (TPSA) is 64.4 Å². The Morgan fingerprint density at radius 2 is 1.56 bits per heavy atom. The van der Waals surface area contributed by atoms with E-state index in [-0.39, 0.29) is 5.96 Å². The van der Waals surface area contributed by atoms with Gasteiger partial charge in [0.05, 0.1) is 0 Å². The van der Waals surface area contributed by atoms with E-state index in [1.807, 2.05) is 12.3 Å². The molecule has 0 atom stereocenters. The molecule has 0 radical (unpaired) electrons. The first-order chi connectivity index (χ1) is 8.61. The average Bonchev–Trinajstić information content (AvgIpc) is 2.26. The Morgan fingerprint density at radius 1 is 1.06 bits per heavy atom. The molecule has 0 aromatic heterocycles. The van der Waals surface area contributed by atoms with Gasteiger partial charge < -0.3 is 11.5 Å². The van der Waals surface area contributed by atoms with Crippen molar-refractivity contribution < 1.29 is 0 Å². The summed E-state index contributed by atoms with van der Waals surface area (Å²) in [6, 6.07) is 0. The molecule has 4 aliphatic carbocycles. The maximum absolute atomic E-state index is 5.44. The summed E-state index contributed by atoms with van der Waals surface area (Å²) in [5, 5.41) is 0. The Balaban J connectivity index is 1.92. The Kier molecular flexibility index (Phi) is 2.72. The maximum atomic E-state index is 5.44. The van der Waals surface area contributed by atoms with Crippen molar-refractivity contribution in [2.45, 2.75) is 38.5 Å². The minimum atomic E-state index is 0.138. The van der Waals surface area contributed by atoms with Crippen LogP contribution in [0, 0.1) is 23.2 Å². The standard InChI is InChI=1S/C15H23N3/c1-2-13(9-18-14(16)17)15-6-10-3-11(7-15)5-12(4-10)8-15/h2,9-12H,1,3-8H2,(H4,16,17,18)/b13-9+. The van der Waals surface area contributed by atoms with E-state index in [4.69, 9.17) is 11.5 Å². The lowest BCUT2D eigenvalue weighted by atomic mass is 9.48. The van der Waals surface area contributed by atoms with Crippen molar-refractivity contribution in [2.24, 2.45) is 39.6 Å². The van der Waals surface area contributed by atoms with Crippen LogP contribution < -0.4 is 11.5 Å². The molecule has 4 N–H and O–H groups in total. The molecule has 4 rings (SSSR count). The van der Waals surface area contributed by atoms with E-state index in [1.165, 1.54) is 44.1 Å². The SMILES string of the molecule is C=C/C(=C\N=C(N)N)C12CC3CC(CC(C3)C1)C2. The van der Waals surface area contributed by atoms with Crippen LogP contribution in [0.1, 0.15) is 38.5 Å². The van der Waals surface area contributed by atoms with Crippen molar-refractivity contribution in [3.05, 3.63) is 24.4 Å². The summed E-state index contributed by atoms with van der Waals surface area (Å²) in [4.78, 5) is 4.09. The summed E-state index contributed by atoms with van der Waals surface area (Å²) in [6.45, 7) is 3.98. The van der Waals surface area contributed by atoms with Gasteiger partial charge in [0.15, 0.2) is 5.96 Å². The first-order valence-electron chi connectivity index (χ1n) is 7.03. The van der Waals surface area contributed by atoms with Crippen molar-refractivity contribution in [1.29, 1.82) is 0 Å². The van der Waals surface area contributed by atoms with Gasteiger partial charge >= 0.3 is 0 Å². The third-order valence-corrected chi connectivity index (χ3v) is 5.22. The second-order valence-electron chi connectivity index (χ2n) is 6.54. The number of nitrogens with zero attached hydrogens (tertiary/aromatic N) is 1. The fourth-order valence-corrected chi connectivity index (χ4v) is 5.01. The highest BCUT2D eigenvalue weighted by atomic mass is 15.0. The van der Waals surface area contributed by atoms with E-state index in [0.717, 1.165) is 17.8 Å². The lowest BCUT2D eigenvalue weighted by Crippen LogP contribution is -2.46. The van der Waals surface area contributed by atoms with Gasteiger partial charge in [0.2, 0.25) is 0 Å². The van der Waals surface area contributed by atoms with Gasteiger partial charge in [-0.1, -0.05) is 12.7 Å². The molecule has 4 fully saturated rings. The quantitative estimate of drug-likeness (QED) is 0.456. The van der Waals surface area contributed by atoms with E-state index < -0.39 is 0 Å². The minimum Gasteiger partial charge on any atom is -0.370 e. The van der Waals surface area contributed by atoms with E-state index in [2.05, 4.69) is 11.6 Å². The molecule has 0 aliphatic heterocycles. The zero-order valence-electron chi connectivity index (χ0n) is 10.9. The van der Waals surface area contributed by atoms with E-state index >= 15 is 0 Å². The zero-order valence-corrected chi connectivity index (χ0v) is 10.9. The highest BCUT2D eigenvalue weighted by molar-refractivity contribution is 5.76. The number of hydrogen-bond acceptors (Lipinski definition) is 1. The first kappa shape index (κ1) is 11.8. The van der Waals surface area contributed by atoms with Gasteiger partial charge in [-0.3, -0.25) is 0 Å². The predicted octanol–water partition coefficient (Wildman–Crippen LogP) is 2.55. The van der Waals surface area contributed by atoms with Crippen LogP contribution >= 0.6 is 0 Å². The molecule has 4 aliphatic rings. The Morgan fingerprint density at radius 3 is 1.94 bits per heavy atom. The average molecular weight is 245 g/mol. The Labute approximate surface area is 109 Å². The molecule has 98 valence electrons. The largest absolute Gasteiger partial charge is 0.370 e. The van der Waals surface area contributed by atoms with Gasteiger partial charge in [0.1, 0.15) is 0 Å². The summed E-state index contributed by atoms with van der Waals surface area (Å²) < 4.78 is 0. The molecular weight excluding hydrogens is 222 g/mol. The van der Waals surface area contributed by atoms with Crippen LogP contribution in [0.3, 0.4) is 0 Å². The van der Waals surface area contributed by atoms with Crippen LogP contribution in [0.2, 0.25) is 0 Å². The molecule has 0 aromatic carbocycles. The number of guanidine groups is 1. The monoisotopic (exact) mass is 245 g/mol. The van der Waals surface area contributed by atoms with Gasteiger partial charge in [0, 0.05) is 6.20 Å². The van der Waals surface area contributed by atoms with Crippen molar-refractivity contribution in [2.75, 3.05) is 0 Å². The Bertz CT molecular complexity index is 380. The molecule has 3 heteroatoms. The van der Waals surface area contributed by atoms with Crippen LogP contribution in [0.25, 0.3) is 0 Å². The summed E-state index contributed by atoms with van der Waals surface area (Å²) in [7, 11) is 0. The normalized spacial score (nSPS) is 41.8. The van der Waals surface area contributed by atoms with E-state index in [0.29, 0.717) is 5.41 Å². The number of aliphatic imine (C=N–C) groups is 1. The van der Waals surface area contributed by atoms with Crippen LogP contribution in [-0.2, 0) is 0 Å². The minimum absolute atomic E-state index is 0.138. The second-order valence-corrected chi connectivity index (χ2v) is 6.54. The number of rotatable bonds is 3. The second kappa shape index (κ2) is 4.15. The van der Waals surface area contributed by atoms with Gasteiger partial charge in [0.25, 0.3) is 0 Å². The molecule has 4 bridgehead atoms. The van der Waals surface area contributed by atoms with E-state index in [9.17, 15) is 0 Å². The van der Waals surface area contributed by atoms with Gasteiger partial charge in [-0.2, -0.15) is 0 Å².